The van der Waals surface area contributed by atoms with E-state index in [-0.39, 0.29) is 5.92 Å². The third-order valence-corrected chi connectivity index (χ3v) is 3.57. The van der Waals surface area contributed by atoms with Crippen LogP contribution in [0.1, 0.15) is 32.8 Å². The minimum Gasteiger partial charge on any atom is -0.467 e. The first-order chi connectivity index (χ1) is 10.0. The van der Waals surface area contributed by atoms with Crippen LogP contribution in [0.4, 0.5) is 10.5 Å². The van der Waals surface area contributed by atoms with Gasteiger partial charge in [-0.2, -0.15) is 0 Å². The highest BCUT2D eigenvalue weighted by Gasteiger charge is 2.26. The topological polar surface area (TPSA) is 67.4 Å². The Bertz CT molecular complexity index is 471. The van der Waals surface area contributed by atoms with Crippen molar-refractivity contribution in [1.29, 1.82) is 0 Å². The fourth-order valence-electron chi connectivity index (χ4n) is 1.93. The number of carbonyl (C=O) groups is 2. The lowest BCUT2D eigenvalue weighted by molar-refractivity contribution is -0.144. The summed E-state index contributed by atoms with van der Waals surface area (Å²) in [5.41, 5.74) is 1.89. The fraction of sp³-hybridized carbons (Fsp3) is 0.500. The van der Waals surface area contributed by atoms with Gasteiger partial charge in [0.25, 0.3) is 0 Å². The van der Waals surface area contributed by atoms with Crippen molar-refractivity contribution in [2.24, 2.45) is 5.92 Å². The van der Waals surface area contributed by atoms with Crippen LogP contribution in [0.5, 0.6) is 0 Å². The molecular weight excluding hydrogens is 268 g/mol. The molecule has 2 amide bonds. The minimum atomic E-state index is -0.644. The number of rotatable bonds is 6. The zero-order chi connectivity index (χ0) is 15.8. The van der Waals surface area contributed by atoms with Crippen LogP contribution in [-0.2, 0) is 16.0 Å². The molecule has 0 unspecified atom stereocenters. The molecule has 1 rings (SSSR count). The maximum atomic E-state index is 12.0. The van der Waals surface area contributed by atoms with Gasteiger partial charge in [0.2, 0.25) is 0 Å². The standard InChI is InChI=1S/C16H24N2O3/c1-5-11(3)14(15(19)21-4)18-16(20)17-13-9-7-12(6-2)8-10-13/h7-11,14H,5-6H2,1-4H3,(H2,17,18,20)/t11-,14+/m1/s1. The molecule has 0 fully saturated rings. The Morgan fingerprint density at radius 1 is 1.19 bits per heavy atom. The number of nitrogens with one attached hydrogen (secondary N) is 2. The summed E-state index contributed by atoms with van der Waals surface area (Å²) in [4.78, 5) is 23.7. The SMILES string of the molecule is CCc1ccc(NC(=O)N[C@H](C(=O)OC)[C@H](C)CC)cc1. The lowest BCUT2D eigenvalue weighted by Gasteiger charge is -2.22. The molecule has 2 atom stereocenters. The Morgan fingerprint density at radius 3 is 2.29 bits per heavy atom. The minimum absolute atomic E-state index is 0.00525. The summed E-state index contributed by atoms with van der Waals surface area (Å²) in [6.45, 7) is 5.93. The Balaban J connectivity index is 2.66. The van der Waals surface area contributed by atoms with Gasteiger partial charge < -0.3 is 15.4 Å². The van der Waals surface area contributed by atoms with Gasteiger partial charge in [0.1, 0.15) is 6.04 Å². The number of methoxy groups -OCH3 is 1. The van der Waals surface area contributed by atoms with E-state index in [2.05, 4.69) is 17.6 Å². The normalized spacial score (nSPS) is 13.1. The molecule has 2 N–H and O–H groups in total. The van der Waals surface area contributed by atoms with E-state index in [4.69, 9.17) is 4.74 Å². The molecule has 0 aromatic heterocycles. The highest BCUT2D eigenvalue weighted by molar-refractivity contribution is 5.92. The van der Waals surface area contributed by atoms with Crippen molar-refractivity contribution in [2.75, 3.05) is 12.4 Å². The number of benzene rings is 1. The molecule has 0 radical (unpaired) electrons. The third-order valence-electron chi connectivity index (χ3n) is 3.57. The van der Waals surface area contributed by atoms with Gasteiger partial charge in [0, 0.05) is 5.69 Å². The van der Waals surface area contributed by atoms with Gasteiger partial charge in [-0.15, -0.1) is 0 Å². The number of esters is 1. The van der Waals surface area contributed by atoms with E-state index < -0.39 is 18.0 Å². The van der Waals surface area contributed by atoms with Crippen molar-refractivity contribution in [2.45, 2.75) is 39.7 Å². The first-order valence-corrected chi connectivity index (χ1v) is 7.26. The van der Waals surface area contributed by atoms with Crippen molar-refractivity contribution in [3.8, 4) is 0 Å². The maximum absolute atomic E-state index is 12.0. The summed E-state index contributed by atoms with van der Waals surface area (Å²) in [5, 5.41) is 5.39. The van der Waals surface area contributed by atoms with E-state index in [1.54, 1.807) is 0 Å². The Labute approximate surface area is 126 Å². The van der Waals surface area contributed by atoms with Gasteiger partial charge in [-0.25, -0.2) is 9.59 Å². The smallest absolute Gasteiger partial charge is 0.328 e. The van der Waals surface area contributed by atoms with Crippen LogP contribution in [0.15, 0.2) is 24.3 Å². The van der Waals surface area contributed by atoms with Crippen LogP contribution < -0.4 is 10.6 Å². The number of hydrogen-bond acceptors (Lipinski definition) is 3. The maximum Gasteiger partial charge on any atom is 0.328 e. The molecule has 0 bridgehead atoms. The molecule has 5 heteroatoms. The molecule has 0 heterocycles. The second kappa shape index (κ2) is 8.29. The second-order valence-corrected chi connectivity index (χ2v) is 5.04. The summed E-state index contributed by atoms with van der Waals surface area (Å²) in [5.74, 6) is -0.425. The lowest BCUT2D eigenvalue weighted by Crippen LogP contribution is -2.47. The van der Waals surface area contributed by atoms with Crippen molar-refractivity contribution in [3.05, 3.63) is 29.8 Å². The molecule has 0 saturated heterocycles. The Kier molecular flexibility index (Phi) is 6.72. The Hall–Kier alpha value is -2.04. The van der Waals surface area contributed by atoms with E-state index in [1.807, 2.05) is 38.1 Å². The number of ether oxygens (including phenoxy) is 1. The number of anilines is 1. The van der Waals surface area contributed by atoms with Crippen LogP contribution in [0.2, 0.25) is 0 Å². The van der Waals surface area contributed by atoms with E-state index >= 15 is 0 Å². The molecule has 0 spiro atoms. The molecule has 0 saturated carbocycles. The van der Waals surface area contributed by atoms with Gasteiger partial charge in [0.05, 0.1) is 7.11 Å². The molecule has 1 aromatic carbocycles. The summed E-state index contributed by atoms with van der Waals surface area (Å²) < 4.78 is 4.74. The molecule has 1 aromatic rings. The van der Waals surface area contributed by atoms with Gasteiger partial charge in [-0.3, -0.25) is 0 Å². The van der Waals surface area contributed by atoms with Gasteiger partial charge in [-0.05, 0) is 30.0 Å². The summed E-state index contributed by atoms with van der Waals surface area (Å²) in [6, 6.07) is 6.55. The summed E-state index contributed by atoms with van der Waals surface area (Å²) in [7, 11) is 1.32. The molecule has 116 valence electrons. The Morgan fingerprint density at radius 2 is 1.81 bits per heavy atom. The first kappa shape index (κ1) is 17.0. The van der Waals surface area contributed by atoms with Crippen molar-refractivity contribution < 1.29 is 14.3 Å². The quantitative estimate of drug-likeness (QED) is 0.792. The zero-order valence-electron chi connectivity index (χ0n) is 13.1. The number of hydrogen-bond donors (Lipinski definition) is 2. The average Bonchev–Trinajstić information content (AvgIpc) is 2.51. The zero-order valence-corrected chi connectivity index (χ0v) is 13.1. The van der Waals surface area contributed by atoms with Crippen LogP contribution in [0.25, 0.3) is 0 Å². The third kappa shape index (κ3) is 5.10. The molecule has 0 aliphatic heterocycles. The predicted octanol–water partition coefficient (Wildman–Crippen LogP) is 2.96. The number of urea groups is 1. The molecular formula is C16H24N2O3. The summed E-state index contributed by atoms with van der Waals surface area (Å²) >= 11 is 0. The highest BCUT2D eigenvalue weighted by Crippen LogP contribution is 2.12. The van der Waals surface area contributed by atoms with Crippen LogP contribution >= 0.6 is 0 Å². The fourth-order valence-corrected chi connectivity index (χ4v) is 1.93. The van der Waals surface area contributed by atoms with Crippen LogP contribution in [0.3, 0.4) is 0 Å². The van der Waals surface area contributed by atoms with Crippen molar-refractivity contribution >= 4 is 17.7 Å². The van der Waals surface area contributed by atoms with E-state index in [9.17, 15) is 9.59 Å². The largest absolute Gasteiger partial charge is 0.467 e. The average molecular weight is 292 g/mol. The monoisotopic (exact) mass is 292 g/mol. The predicted molar refractivity (Wildman–Crippen MR) is 83.2 cm³/mol. The number of carbonyl (C=O) groups excluding carboxylic acids is 2. The van der Waals surface area contributed by atoms with Gasteiger partial charge in [-0.1, -0.05) is 39.3 Å². The van der Waals surface area contributed by atoms with Crippen molar-refractivity contribution in [3.63, 3.8) is 0 Å². The van der Waals surface area contributed by atoms with Crippen LogP contribution in [-0.4, -0.2) is 25.2 Å². The highest BCUT2D eigenvalue weighted by atomic mass is 16.5. The van der Waals surface area contributed by atoms with E-state index in [1.165, 1.54) is 12.7 Å². The summed E-state index contributed by atoms with van der Waals surface area (Å²) in [6.07, 6.45) is 1.72. The molecule has 5 nitrogen and oxygen atoms in total. The molecule has 21 heavy (non-hydrogen) atoms. The molecule has 0 aliphatic carbocycles. The van der Waals surface area contributed by atoms with Gasteiger partial charge >= 0.3 is 12.0 Å². The van der Waals surface area contributed by atoms with E-state index in [0.29, 0.717) is 5.69 Å². The van der Waals surface area contributed by atoms with Crippen LogP contribution in [0, 0.1) is 5.92 Å². The van der Waals surface area contributed by atoms with Crippen molar-refractivity contribution in [1.82, 2.24) is 5.32 Å². The second-order valence-electron chi connectivity index (χ2n) is 5.04. The number of amides is 2. The lowest BCUT2D eigenvalue weighted by atomic mass is 9.99. The van der Waals surface area contributed by atoms with E-state index in [0.717, 1.165) is 12.8 Å². The number of aryl methyl sites for hydroxylation is 1. The first-order valence-electron chi connectivity index (χ1n) is 7.26. The van der Waals surface area contributed by atoms with Gasteiger partial charge in [0.15, 0.2) is 0 Å². The molecule has 0 aliphatic rings.